The lowest BCUT2D eigenvalue weighted by molar-refractivity contribution is -0.00672. The summed E-state index contributed by atoms with van der Waals surface area (Å²) in [5, 5.41) is 26.8. The lowest BCUT2D eigenvalue weighted by atomic mass is 9.82. The Morgan fingerprint density at radius 1 is 0.931 bits per heavy atom. The van der Waals surface area contributed by atoms with E-state index in [1.54, 1.807) is 41.5 Å². The molecule has 0 radical (unpaired) electrons. The normalized spacial score (nSPS) is 26.2. The molecule has 0 aromatic heterocycles. The van der Waals surface area contributed by atoms with Crippen molar-refractivity contribution in [1.29, 1.82) is 0 Å². The van der Waals surface area contributed by atoms with E-state index < -0.39 is 53.6 Å². The van der Waals surface area contributed by atoms with E-state index in [9.17, 15) is 19.8 Å². The van der Waals surface area contributed by atoms with E-state index in [1.165, 1.54) is 0 Å². The molecule has 1 fully saturated rings. The number of hydrogen-bond acceptors (Lipinski definition) is 6. The van der Waals surface area contributed by atoms with Gasteiger partial charge in [-0.2, -0.15) is 0 Å². The zero-order chi connectivity index (χ0) is 22.6. The number of carbonyl (C=O) groups excluding carboxylic acids is 2. The number of alkyl carbamates (subject to hydrolysis) is 2. The average molecular weight is 417 g/mol. The van der Waals surface area contributed by atoms with Crippen molar-refractivity contribution < 1.29 is 29.3 Å². The van der Waals surface area contributed by atoms with Gasteiger partial charge in [0, 0.05) is 12.0 Å². The minimum absolute atomic E-state index is 0.0923. The Hall–Kier alpha value is -1.54. The van der Waals surface area contributed by atoms with Crippen LogP contribution in [0, 0.1) is 11.8 Å². The highest BCUT2D eigenvalue weighted by molar-refractivity contribution is 5.69. The third-order valence-electron chi connectivity index (χ3n) is 5.13. The molecule has 0 aromatic carbocycles. The van der Waals surface area contributed by atoms with Gasteiger partial charge in [-0.1, -0.05) is 26.7 Å². The minimum Gasteiger partial charge on any atom is -0.444 e. The maximum absolute atomic E-state index is 12.4. The highest BCUT2D eigenvalue weighted by Gasteiger charge is 2.48. The molecule has 0 unspecified atom stereocenters. The lowest BCUT2D eigenvalue weighted by Crippen LogP contribution is -2.50. The van der Waals surface area contributed by atoms with Crippen LogP contribution in [0.25, 0.3) is 0 Å². The van der Waals surface area contributed by atoms with E-state index in [0.29, 0.717) is 6.42 Å². The van der Waals surface area contributed by atoms with E-state index in [0.717, 1.165) is 12.8 Å². The molecule has 0 bridgehead atoms. The first-order chi connectivity index (χ1) is 13.2. The number of nitrogens with one attached hydrogen (secondary N) is 2. The number of rotatable bonds is 6. The highest BCUT2D eigenvalue weighted by Crippen LogP contribution is 2.34. The highest BCUT2D eigenvalue weighted by atomic mass is 16.6. The van der Waals surface area contributed by atoms with E-state index in [-0.39, 0.29) is 5.92 Å². The number of ether oxygens (including phenoxy) is 2. The average Bonchev–Trinajstić information content (AvgIpc) is 2.79. The van der Waals surface area contributed by atoms with E-state index in [2.05, 4.69) is 10.6 Å². The molecule has 1 rings (SSSR count). The van der Waals surface area contributed by atoms with Gasteiger partial charge in [-0.25, -0.2) is 9.59 Å². The van der Waals surface area contributed by atoms with Crippen molar-refractivity contribution in [1.82, 2.24) is 10.6 Å². The maximum atomic E-state index is 12.4. The monoisotopic (exact) mass is 416 g/mol. The second kappa shape index (κ2) is 9.98. The van der Waals surface area contributed by atoms with Crippen molar-refractivity contribution in [3.63, 3.8) is 0 Å². The van der Waals surface area contributed by atoms with Crippen LogP contribution in [-0.2, 0) is 9.47 Å². The molecule has 170 valence electrons. The van der Waals surface area contributed by atoms with E-state index >= 15 is 0 Å². The predicted molar refractivity (Wildman–Crippen MR) is 111 cm³/mol. The van der Waals surface area contributed by atoms with Crippen molar-refractivity contribution in [3.05, 3.63) is 0 Å². The quantitative estimate of drug-likeness (QED) is 0.529. The van der Waals surface area contributed by atoms with Gasteiger partial charge < -0.3 is 30.3 Å². The summed E-state index contributed by atoms with van der Waals surface area (Å²) in [5.41, 5.74) is -1.31. The summed E-state index contributed by atoms with van der Waals surface area (Å²) in [6.07, 6.45) is -1.53. The van der Waals surface area contributed by atoms with Gasteiger partial charge in [0.1, 0.15) is 17.3 Å². The topological polar surface area (TPSA) is 117 Å². The van der Waals surface area contributed by atoms with Crippen molar-refractivity contribution in [2.45, 2.75) is 110 Å². The van der Waals surface area contributed by atoms with Gasteiger partial charge in [-0.05, 0) is 53.9 Å². The Balaban J connectivity index is 2.95. The zero-order valence-corrected chi connectivity index (χ0v) is 19.1. The number of amides is 2. The van der Waals surface area contributed by atoms with Gasteiger partial charge in [0.05, 0.1) is 12.1 Å². The molecule has 8 nitrogen and oxygen atoms in total. The molecule has 29 heavy (non-hydrogen) atoms. The molecule has 8 heteroatoms. The first kappa shape index (κ1) is 25.5. The molecular formula is C21H40N2O6. The fourth-order valence-corrected chi connectivity index (χ4v) is 3.84. The summed E-state index contributed by atoms with van der Waals surface area (Å²) in [7, 11) is 0. The van der Waals surface area contributed by atoms with Gasteiger partial charge in [0.15, 0.2) is 0 Å². The van der Waals surface area contributed by atoms with Crippen molar-refractivity contribution in [2.75, 3.05) is 0 Å². The molecule has 0 spiro atoms. The van der Waals surface area contributed by atoms with Crippen LogP contribution >= 0.6 is 0 Å². The lowest BCUT2D eigenvalue weighted by Gasteiger charge is -2.34. The van der Waals surface area contributed by atoms with Crippen LogP contribution in [0.4, 0.5) is 9.59 Å². The Kier molecular flexibility index (Phi) is 8.77. The Morgan fingerprint density at radius 2 is 1.41 bits per heavy atom. The summed E-state index contributed by atoms with van der Waals surface area (Å²) in [5.74, 6) is -0.336. The molecule has 0 saturated heterocycles. The molecule has 0 heterocycles. The standard InChI is InChI=1S/C21H40N2O6/c1-9-12(10-2)15(23-19(27)29-21(6,7)8)13-11-14(17(25)16(13)24)22-18(26)28-20(3,4)5/h12-17,24-25H,9-11H2,1-8H3,(H,22,26)(H,23,27)/t13-,14-,15+,16+,17+/m1/s1. The number of hydrogen-bond donors (Lipinski definition) is 4. The third kappa shape index (κ3) is 8.01. The number of aliphatic hydroxyl groups is 2. The van der Waals surface area contributed by atoms with Gasteiger partial charge in [0.2, 0.25) is 0 Å². The first-order valence-corrected chi connectivity index (χ1v) is 10.5. The molecule has 1 aliphatic rings. The van der Waals surface area contributed by atoms with Gasteiger partial charge >= 0.3 is 12.2 Å². The van der Waals surface area contributed by atoms with Gasteiger partial charge in [0.25, 0.3) is 0 Å². The first-order valence-electron chi connectivity index (χ1n) is 10.5. The van der Waals surface area contributed by atoms with Crippen LogP contribution in [-0.4, -0.2) is 57.9 Å². The second-order valence-corrected chi connectivity index (χ2v) is 9.88. The third-order valence-corrected chi connectivity index (χ3v) is 5.13. The Bertz CT molecular complexity index is 550. The van der Waals surface area contributed by atoms with Crippen molar-refractivity contribution >= 4 is 12.2 Å². The molecule has 1 aliphatic carbocycles. The SMILES string of the molecule is CCC(CC)[C@H](NC(=O)OC(C)(C)C)[C@H]1C[C@@H](NC(=O)OC(C)(C)C)[C@H](O)[C@H]1O. The molecule has 2 amide bonds. The van der Waals surface area contributed by atoms with Crippen LogP contribution in [0.15, 0.2) is 0 Å². The second-order valence-electron chi connectivity index (χ2n) is 9.88. The van der Waals surface area contributed by atoms with Crippen LogP contribution in [0.2, 0.25) is 0 Å². The molecule has 4 N–H and O–H groups in total. The molecule has 1 saturated carbocycles. The summed E-state index contributed by atoms with van der Waals surface area (Å²) < 4.78 is 10.6. The Morgan fingerprint density at radius 3 is 1.86 bits per heavy atom. The molecule has 5 atom stereocenters. The molecule has 0 aromatic rings. The van der Waals surface area contributed by atoms with Gasteiger partial charge in [-0.15, -0.1) is 0 Å². The summed E-state index contributed by atoms with van der Waals surface area (Å²) in [6, 6.07) is -1.06. The smallest absolute Gasteiger partial charge is 0.407 e. The number of aliphatic hydroxyl groups excluding tert-OH is 2. The fourth-order valence-electron chi connectivity index (χ4n) is 3.84. The van der Waals surface area contributed by atoms with Crippen molar-refractivity contribution in [2.24, 2.45) is 11.8 Å². The molecular weight excluding hydrogens is 376 g/mol. The van der Waals surface area contributed by atoms with Crippen molar-refractivity contribution in [3.8, 4) is 0 Å². The fraction of sp³-hybridized carbons (Fsp3) is 0.905. The summed E-state index contributed by atoms with van der Waals surface area (Å²) in [4.78, 5) is 24.5. The van der Waals surface area contributed by atoms with E-state index in [4.69, 9.17) is 9.47 Å². The van der Waals surface area contributed by atoms with E-state index in [1.807, 2.05) is 13.8 Å². The van der Waals surface area contributed by atoms with Crippen LogP contribution in [0.1, 0.15) is 74.7 Å². The van der Waals surface area contributed by atoms with Gasteiger partial charge in [-0.3, -0.25) is 0 Å². The minimum atomic E-state index is -1.15. The zero-order valence-electron chi connectivity index (χ0n) is 19.1. The van der Waals surface area contributed by atoms with Crippen LogP contribution in [0.3, 0.4) is 0 Å². The number of carbonyl (C=O) groups is 2. The summed E-state index contributed by atoms with van der Waals surface area (Å²) in [6.45, 7) is 14.7. The maximum Gasteiger partial charge on any atom is 0.407 e. The molecule has 0 aliphatic heterocycles. The van der Waals surface area contributed by atoms with Crippen LogP contribution < -0.4 is 10.6 Å². The Labute approximate surface area is 174 Å². The predicted octanol–water partition coefficient (Wildman–Crippen LogP) is 2.95. The van der Waals surface area contributed by atoms with Crippen LogP contribution in [0.5, 0.6) is 0 Å². The summed E-state index contributed by atoms with van der Waals surface area (Å²) >= 11 is 0. The largest absolute Gasteiger partial charge is 0.444 e.